The van der Waals surface area contributed by atoms with Gasteiger partial charge in [0.05, 0.1) is 0 Å². The average molecular weight is 331 g/mol. The molecule has 0 heterocycles. The minimum atomic E-state index is 0.163. The van der Waals surface area contributed by atoms with Gasteiger partial charge in [-0.05, 0) is 56.5 Å². The third kappa shape index (κ3) is 3.18. The Morgan fingerprint density at radius 3 is 2.15 bits per heavy atom. The van der Waals surface area contributed by atoms with Crippen molar-refractivity contribution in [3.8, 4) is 0 Å². The van der Waals surface area contributed by atoms with E-state index in [-0.39, 0.29) is 5.78 Å². The van der Waals surface area contributed by atoms with Gasteiger partial charge in [0.2, 0.25) is 0 Å². The SMILES string of the molecule is Cc1cc(C)c(CC(=O)c2cc(C)ccc2Br)c(C)c1. The lowest BCUT2D eigenvalue weighted by atomic mass is 9.93. The van der Waals surface area contributed by atoms with Crippen molar-refractivity contribution in [1.82, 2.24) is 0 Å². The normalized spacial score (nSPS) is 10.7. The Morgan fingerprint density at radius 1 is 0.950 bits per heavy atom. The van der Waals surface area contributed by atoms with Crippen LogP contribution in [-0.2, 0) is 6.42 Å². The maximum absolute atomic E-state index is 12.5. The predicted molar refractivity (Wildman–Crippen MR) is 87.6 cm³/mol. The van der Waals surface area contributed by atoms with Crippen molar-refractivity contribution in [1.29, 1.82) is 0 Å². The van der Waals surface area contributed by atoms with Crippen molar-refractivity contribution in [3.63, 3.8) is 0 Å². The van der Waals surface area contributed by atoms with Crippen LogP contribution in [0, 0.1) is 27.7 Å². The summed E-state index contributed by atoms with van der Waals surface area (Å²) < 4.78 is 0.871. The van der Waals surface area contributed by atoms with Crippen LogP contribution in [-0.4, -0.2) is 5.78 Å². The zero-order valence-electron chi connectivity index (χ0n) is 12.4. The molecular weight excluding hydrogens is 312 g/mol. The predicted octanol–water partition coefficient (Wildman–Crippen LogP) is 5.11. The third-order valence-corrected chi connectivity index (χ3v) is 4.29. The smallest absolute Gasteiger partial charge is 0.168 e. The number of halogens is 1. The summed E-state index contributed by atoms with van der Waals surface area (Å²) in [7, 11) is 0. The van der Waals surface area contributed by atoms with Gasteiger partial charge in [-0.15, -0.1) is 0 Å². The van der Waals surface area contributed by atoms with E-state index in [0.29, 0.717) is 6.42 Å². The molecule has 0 aliphatic carbocycles. The van der Waals surface area contributed by atoms with Gasteiger partial charge in [0.1, 0.15) is 0 Å². The summed E-state index contributed by atoms with van der Waals surface area (Å²) in [5.74, 6) is 0.163. The van der Waals surface area contributed by atoms with Crippen LogP contribution in [0.25, 0.3) is 0 Å². The van der Waals surface area contributed by atoms with Crippen LogP contribution in [0.1, 0.15) is 38.2 Å². The number of aryl methyl sites for hydroxylation is 4. The first-order valence-electron chi connectivity index (χ1n) is 6.74. The van der Waals surface area contributed by atoms with Crippen LogP contribution >= 0.6 is 15.9 Å². The summed E-state index contributed by atoms with van der Waals surface area (Å²) in [5.41, 5.74) is 6.65. The van der Waals surface area contributed by atoms with Crippen LogP contribution in [0.5, 0.6) is 0 Å². The molecule has 2 heteroatoms. The van der Waals surface area contributed by atoms with Gasteiger partial charge in [-0.1, -0.05) is 45.3 Å². The van der Waals surface area contributed by atoms with E-state index in [1.807, 2.05) is 25.1 Å². The highest BCUT2D eigenvalue weighted by Crippen LogP contribution is 2.23. The molecule has 20 heavy (non-hydrogen) atoms. The zero-order chi connectivity index (χ0) is 14.9. The molecule has 0 saturated heterocycles. The number of carbonyl (C=O) groups excluding carboxylic acids is 1. The molecule has 0 radical (unpaired) electrons. The highest BCUT2D eigenvalue weighted by molar-refractivity contribution is 9.10. The van der Waals surface area contributed by atoms with E-state index in [4.69, 9.17) is 0 Å². The summed E-state index contributed by atoms with van der Waals surface area (Å²) in [5, 5.41) is 0. The molecule has 0 aliphatic heterocycles. The van der Waals surface area contributed by atoms with E-state index in [1.165, 1.54) is 16.7 Å². The minimum Gasteiger partial charge on any atom is -0.294 e. The van der Waals surface area contributed by atoms with E-state index in [9.17, 15) is 4.79 Å². The number of hydrogen-bond donors (Lipinski definition) is 0. The Kier molecular flexibility index (Phi) is 4.44. The topological polar surface area (TPSA) is 17.1 Å². The molecule has 0 aliphatic rings. The molecule has 0 N–H and O–H groups in total. The summed E-state index contributed by atoms with van der Waals surface area (Å²) >= 11 is 3.47. The molecule has 0 unspecified atom stereocenters. The monoisotopic (exact) mass is 330 g/mol. The number of rotatable bonds is 3. The van der Waals surface area contributed by atoms with Gasteiger partial charge in [-0.2, -0.15) is 0 Å². The van der Waals surface area contributed by atoms with E-state index < -0.39 is 0 Å². The number of hydrogen-bond acceptors (Lipinski definition) is 1. The van der Waals surface area contributed by atoms with Gasteiger partial charge >= 0.3 is 0 Å². The highest BCUT2D eigenvalue weighted by atomic mass is 79.9. The lowest BCUT2D eigenvalue weighted by Gasteiger charge is -2.12. The molecular formula is C18H19BrO. The molecule has 1 nitrogen and oxygen atoms in total. The fraction of sp³-hybridized carbons (Fsp3) is 0.278. The first kappa shape index (κ1) is 15.0. The van der Waals surface area contributed by atoms with E-state index >= 15 is 0 Å². The largest absolute Gasteiger partial charge is 0.294 e. The first-order valence-corrected chi connectivity index (χ1v) is 7.54. The second kappa shape index (κ2) is 5.92. The van der Waals surface area contributed by atoms with Gasteiger partial charge in [0.25, 0.3) is 0 Å². The highest BCUT2D eigenvalue weighted by Gasteiger charge is 2.14. The zero-order valence-corrected chi connectivity index (χ0v) is 14.0. The number of benzene rings is 2. The van der Waals surface area contributed by atoms with Crippen molar-refractivity contribution < 1.29 is 4.79 Å². The molecule has 2 aromatic carbocycles. The fourth-order valence-corrected chi connectivity index (χ4v) is 3.07. The van der Waals surface area contributed by atoms with Gasteiger partial charge in [-0.3, -0.25) is 4.79 Å². The van der Waals surface area contributed by atoms with Gasteiger partial charge < -0.3 is 0 Å². The molecule has 2 rings (SSSR count). The standard InChI is InChI=1S/C18H19BrO/c1-11-5-6-17(19)16(9-11)18(20)10-15-13(3)7-12(2)8-14(15)4/h5-9H,10H2,1-4H3. The fourth-order valence-electron chi connectivity index (χ4n) is 2.60. The van der Waals surface area contributed by atoms with Crippen LogP contribution in [0.2, 0.25) is 0 Å². The molecule has 0 aromatic heterocycles. The number of ketones is 1. The maximum atomic E-state index is 12.5. The van der Waals surface area contributed by atoms with Crippen LogP contribution < -0.4 is 0 Å². The van der Waals surface area contributed by atoms with Crippen LogP contribution in [0.4, 0.5) is 0 Å². The summed E-state index contributed by atoms with van der Waals surface area (Å²) in [6.07, 6.45) is 0.458. The Morgan fingerprint density at radius 2 is 1.55 bits per heavy atom. The van der Waals surface area contributed by atoms with Gasteiger partial charge in [0, 0.05) is 16.5 Å². The summed E-state index contributed by atoms with van der Waals surface area (Å²) in [6.45, 7) is 8.25. The van der Waals surface area contributed by atoms with Crippen molar-refractivity contribution in [3.05, 3.63) is 68.2 Å². The molecule has 0 bridgehead atoms. The molecule has 0 saturated carbocycles. The van der Waals surface area contributed by atoms with Crippen LogP contribution in [0.15, 0.2) is 34.8 Å². The number of Topliss-reactive ketones (excluding diaryl/α,β-unsaturated/α-hetero) is 1. The quantitative estimate of drug-likeness (QED) is 0.715. The molecule has 0 spiro atoms. The van der Waals surface area contributed by atoms with E-state index in [1.54, 1.807) is 0 Å². The number of carbonyl (C=O) groups is 1. The van der Waals surface area contributed by atoms with E-state index in [0.717, 1.165) is 21.2 Å². The molecule has 0 amide bonds. The average Bonchev–Trinajstić information content (AvgIpc) is 2.36. The van der Waals surface area contributed by atoms with Crippen molar-refractivity contribution in [2.24, 2.45) is 0 Å². The lowest BCUT2D eigenvalue weighted by Crippen LogP contribution is -2.08. The second-order valence-corrected chi connectivity index (χ2v) is 6.31. The van der Waals surface area contributed by atoms with E-state index in [2.05, 4.69) is 48.8 Å². The van der Waals surface area contributed by atoms with Gasteiger partial charge in [0.15, 0.2) is 5.78 Å². The summed E-state index contributed by atoms with van der Waals surface area (Å²) in [6, 6.07) is 10.2. The molecule has 0 fully saturated rings. The Labute approximate surface area is 129 Å². The van der Waals surface area contributed by atoms with Crippen LogP contribution in [0.3, 0.4) is 0 Å². The lowest BCUT2D eigenvalue weighted by molar-refractivity contribution is 0.0991. The third-order valence-electron chi connectivity index (χ3n) is 3.60. The van der Waals surface area contributed by atoms with Crippen molar-refractivity contribution >= 4 is 21.7 Å². The maximum Gasteiger partial charge on any atom is 0.168 e. The minimum absolute atomic E-state index is 0.163. The molecule has 0 atom stereocenters. The van der Waals surface area contributed by atoms with Crippen molar-refractivity contribution in [2.75, 3.05) is 0 Å². The van der Waals surface area contributed by atoms with Gasteiger partial charge in [-0.25, -0.2) is 0 Å². The second-order valence-electron chi connectivity index (χ2n) is 5.46. The Bertz CT molecular complexity index is 648. The van der Waals surface area contributed by atoms with Crippen molar-refractivity contribution in [2.45, 2.75) is 34.1 Å². The Balaban J connectivity index is 2.35. The molecule has 104 valence electrons. The Hall–Kier alpha value is -1.41. The molecule has 2 aromatic rings. The first-order chi connectivity index (χ1) is 9.38. The summed E-state index contributed by atoms with van der Waals surface area (Å²) in [4.78, 5) is 12.5.